The molecule has 23 heavy (non-hydrogen) atoms. The van der Waals surface area contributed by atoms with Gasteiger partial charge in [0.1, 0.15) is 23.4 Å². The van der Waals surface area contributed by atoms with Crippen molar-refractivity contribution in [2.45, 2.75) is 46.3 Å². The van der Waals surface area contributed by atoms with Crippen molar-refractivity contribution in [2.24, 2.45) is 5.41 Å². The molecule has 1 saturated heterocycles. The molecule has 0 aromatic heterocycles. The van der Waals surface area contributed by atoms with Gasteiger partial charge in [0, 0.05) is 23.8 Å². The Bertz CT molecular complexity index is 560. The van der Waals surface area contributed by atoms with E-state index >= 15 is 0 Å². The zero-order valence-electron chi connectivity index (χ0n) is 14.1. The Morgan fingerprint density at radius 2 is 1.65 bits per heavy atom. The summed E-state index contributed by atoms with van der Waals surface area (Å²) in [6, 6.07) is 6.31. The summed E-state index contributed by atoms with van der Waals surface area (Å²) in [5.74, 6) is -0.210. The molecule has 0 amide bonds. The highest BCUT2D eigenvalue weighted by Gasteiger charge is 2.49. The third-order valence-corrected chi connectivity index (χ3v) is 4.28. The van der Waals surface area contributed by atoms with E-state index in [-0.39, 0.29) is 11.2 Å². The van der Waals surface area contributed by atoms with Crippen molar-refractivity contribution >= 4 is 17.4 Å². The summed E-state index contributed by atoms with van der Waals surface area (Å²) in [6.07, 6.45) is 1.22. The molecular weight excluding hydrogens is 319 g/mol. The van der Waals surface area contributed by atoms with Crippen LogP contribution >= 0.6 is 11.9 Å². The summed E-state index contributed by atoms with van der Waals surface area (Å²) in [5.41, 5.74) is 1.45. The van der Waals surface area contributed by atoms with Crippen LogP contribution in [-0.4, -0.2) is 19.0 Å². The first-order chi connectivity index (χ1) is 11.0. The van der Waals surface area contributed by atoms with Crippen molar-refractivity contribution in [2.75, 3.05) is 13.2 Å². The van der Waals surface area contributed by atoms with Gasteiger partial charge < -0.3 is 13.8 Å². The van der Waals surface area contributed by atoms with Gasteiger partial charge in [-0.3, -0.25) is 0 Å². The van der Waals surface area contributed by atoms with E-state index in [1.165, 1.54) is 12.1 Å². The van der Waals surface area contributed by atoms with E-state index in [0.717, 1.165) is 11.1 Å². The summed E-state index contributed by atoms with van der Waals surface area (Å²) in [4.78, 5) is 0. The van der Waals surface area contributed by atoms with E-state index in [2.05, 4.69) is 0 Å². The highest BCUT2D eigenvalue weighted by Crippen LogP contribution is 2.51. The second-order valence-electron chi connectivity index (χ2n) is 6.24. The topological polar surface area (TPSA) is 27.7 Å². The summed E-state index contributed by atoms with van der Waals surface area (Å²) >= 11 is 5.72. The number of benzene rings is 1. The normalized spacial score (nSPS) is 21.8. The second kappa shape index (κ2) is 7.20. The molecule has 1 spiro atoms. The molecule has 0 bridgehead atoms. The lowest BCUT2D eigenvalue weighted by Crippen LogP contribution is -2.41. The minimum absolute atomic E-state index is 0.272. The summed E-state index contributed by atoms with van der Waals surface area (Å²) in [6.45, 7) is 9.26. The van der Waals surface area contributed by atoms with Crippen LogP contribution in [0.25, 0.3) is 5.57 Å². The van der Waals surface area contributed by atoms with E-state index < -0.39 is 5.79 Å². The van der Waals surface area contributed by atoms with Crippen LogP contribution < -0.4 is 0 Å². The molecule has 0 atom stereocenters. The molecule has 1 heterocycles. The minimum atomic E-state index is -0.633. The van der Waals surface area contributed by atoms with E-state index in [0.29, 0.717) is 31.8 Å². The molecule has 1 aromatic carbocycles. The van der Waals surface area contributed by atoms with Gasteiger partial charge in [0.25, 0.3) is 0 Å². The van der Waals surface area contributed by atoms with E-state index in [4.69, 9.17) is 25.6 Å². The van der Waals surface area contributed by atoms with Crippen molar-refractivity contribution in [3.05, 3.63) is 41.4 Å². The van der Waals surface area contributed by atoms with Crippen molar-refractivity contribution in [3.63, 3.8) is 0 Å². The van der Waals surface area contributed by atoms with Crippen LogP contribution in [0.5, 0.6) is 0 Å². The Labute approximate surface area is 142 Å². The van der Waals surface area contributed by atoms with Gasteiger partial charge in [-0.25, -0.2) is 4.39 Å². The minimum Gasteiger partial charge on any atom is -0.389 e. The highest BCUT2D eigenvalue weighted by molar-refractivity contribution is 6.08. The lowest BCUT2D eigenvalue weighted by atomic mass is 9.73. The van der Waals surface area contributed by atoms with Crippen LogP contribution in [0.1, 0.15) is 46.1 Å². The molecule has 1 aliphatic carbocycles. The van der Waals surface area contributed by atoms with E-state index in [1.54, 1.807) is 12.1 Å². The van der Waals surface area contributed by atoms with Gasteiger partial charge in [0.05, 0.1) is 13.2 Å². The number of allylic oxidation sites excluding steroid dienone is 1. The second-order valence-corrected chi connectivity index (χ2v) is 6.39. The molecule has 3 nitrogen and oxygen atoms in total. The highest BCUT2D eigenvalue weighted by atomic mass is 35.5. The monoisotopic (exact) mass is 342 g/mol. The SMILES string of the molecule is CC.CC1(C)CC2(CC(c3ccc(F)cc3)=C1OCl)OCCO2. The summed E-state index contributed by atoms with van der Waals surface area (Å²) in [5, 5.41) is 0. The van der Waals surface area contributed by atoms with Crippen molar-refractivity contribution in [3.8, 4) is 0 Å². The fourth-order valence-electron chi connectivity index (χ4n) is 3.31. The Morgan fingerprint density at radius 3 is 2.17 bits per heavy atom. The predicted molar refractivity (Wildman–Crippen MR) is 89.3 cm³/mol. The fraction of sp³-hybridized carbons (Fsp3) is 0.556. The average Bonchev–Trinajstić information content (AvgIpc) is 2.96. The number of hydrogen-bond donors (Lipinski definition) is 0. The molecule has 128 valence electrons. The molecular formula is C18H24ClFO3. The maximum Gasteiger partial charge on any atom is 0.173 e. The lowest BCUT2D eigenvalue weighted by molar-refractivity contribution is -0.177. The molecule has 5 heteroatoms. The van der Waals surface area contributed by atoms with E-state index in [9.17, 15) is 4.39 Å². The van der Waals surface area contributed by atoms with Gasteiger partial charge in [-0.2, -0.15) is 0 Å². The molecule has 0 saturated carbocycles. The van der Waals surface area contributed by atoms with Crippen LogP contribution in [-0.2, 0) is 13.8 Å². The van der Waals surface area contributed by atoms with Crippen LogP contribution in [0.3, 0.4) is 0 Å². The molecule has 3 rings (SSSR count). The number of halogens is 2. The zero-order chi connectivity index (χ0) is 17.1. The third-order valence-electron chi connectivity index (χ3n) is 4.13. The van der Waals surface area contributed by atoms with Gasteiger partial charge in [-0.1, -0.05) is 39.8 Å². The summed E-state index contributed by atoms with van der Waals surface area (Å²) in [7, 11) is 0. The quantitative estimate of drug-likeness (QED) is 0.730. The predicted octanol–water partition coefficient (Wildman–Crippen LogP) is 5.30. The zero-order valence-corrected chi connectivity index (χ0v) is 14.9. The molecule has 0 radical (unpaired) electrons. The third kappa shape index (κ3) is 3.70. The van der Waals surface area contributed by atoms with Gasteiger partial charge in [0.15, 0.2) is 5.79 Å². The Morgan fingerprint density at radius 1 is 1.09 bits per heavy atom. The lowest BCUT2D eigenvalue weighted by Gasteiger charge is -2.42. The van der Waals surface area contributed by atoms with Crippen molar-refractivity contribution in [1.29, 1.82) is 0 Å². The van der Waals surface area contributed by atoms with Gasteiger partial charge in [-0.05, 0) is 17.7 Å². The molecule has 2 aliphatic rings. The first-order valence-electron chi connectivity index (χ1n) is 8.02. The first kappa shape index (κ1) is 18.2. The van der Waals surface area contributed by atoms with E-state index in [1.807, 2.05) is 27.7 Å². The molecule has 1 aliphatic heterocycles. The van der Waals surface area contributed by atoms with Gasteiger partial charge >= 0.3 is 0 Å². The first-order valence-corrected chi connectivity index (χ1v) is 8.33. The number of rotatable bonds is 2. The molecule has 0 unspecified atom stereocenters. The standard InChI is InChI=1S/C16H18ClFO3.C2H6/c1-15(2)10-16(19-7-8-20-16)9-13(14(15)21-17)11-3-5-12(18)6-4-11;1-2/h3-6H,7-10H2,1-2H3;1-2H3. The van der Waals surface area contributed by atoms with Crippen LogP contribution in [0, 0.1) is 11.2 Å². The van der Waals surface area contributed by atoms with Crippen molar-refractivity contribution < 1.29 is 18.2 Å². The maximum atomic E-state index is 13.2. The molecule has 1 aromatic rings. The fourth-order valence-corrected chi connectivity index (χ4v) is 3.61. The number of ether oxygens (including phenoxy) is 2. The van der Waals surface area contributed by atoms with Crippen LogP contribution in [0.4, 0.5) is 4.39 Å². The maximum absolute atomic E-state index is 13.2. The largest absolute Gasteiger partial charge is 0.389 e. The van der Waals surface area contributed by atoms with Gasteiger partial charge in [0.2, 0.25) is 0 Å². The molecule has 0 N–H and O–H groups in total. The Balaban J connectivity index is 0.000000924. The average molecular weight is 343 g/mol. The van der Waals surface area contributed by atoms with Crippen LogP contribution in [0.15, 0.2) is 30.0 Å². The van der Waals surface area contributed by atoms with Gasteiger partial charge in [-0.15, -0.1) is 0 Å². The van der Waals surface area contributed by atoms with Crippen molar-refractivity contribution in [1.82, 2.24) is 0 Å². The van der Waals surface area contributed by atoms with Crippen LogP contribution in [0.2, 0.25) is 0 Å². The molecule has 1 fully saturated rings. The summed E-state index contributed by atoms with van der Waals surface area (Å²) < 4.78 is 30.0. The Kier molecular flexibility index (Phi) is 5.71. The Hall–Kier alpha value is -1.10. The smallest absolute Gasteiger partial charge is 0.173 e. The number of hydrogen-bond acceptors (Lipinski definition) is 3.